The smallest absolute Gasteiger partial charge is 0.250 e. The van der Waals surface area contributed by atoms with Crippen molar-refractivity contribution >= 4 is 22.3 Å². The summed E-state index contributed by atoms with van der Waals surface area (Å²) in [6.45, 7) is 22.4. The molecule has 0 atom stereocenters. The van der Waals surface area contributed by atoms with Crippen molar-refractivity contribution in [3.05, 3.63) is 18.2 Å². The van der Waals surface area contributed by atoms with Gasteiger partial charge in [0.05, 0.1) is 0 Å². The van der Waals surface area contributed by atoms with E-state index in [0.717, 1.165) is 11.5 Å². The lowest BCUT2D eigenvalue weighted by atomic mass is 10.2. The van der Waals surface area contributed by atoms with Gasteiger partial charge in [0.2, 0.25) is 16.6 Å². The zero-order valence-electron chi connectivity index (χ0n) is 16.6. The van der Waals surface area contributed by atoms with Gasteiger partial charge in [-0.3, -0.25) is 0 Å². The number of hydrogen-bond donors (Lipinski definition) is 1. The molecule has 23 heavy (non-hydrogen) atoms. The second-order valence-corrected chi connectivity index (χ2v) is 18.9. The first kappa shape index (κ1) is 20.1. The lowest BCUT2D eigenvalue weighted by molar-refractivity contribution is 0.475. The van der Waals surface area contributed by atoms with Gasteiger partial charge in [-0.15, -0.1) is 0 Å². The molecule has 132 valence electrons. The summed E-state index contributed by atoms with van der Waals surface area (Å²) in [5.41, 5.74) is 6.78. The molecule has 2 N–H and O–H groups in total. The monoisotopic (exact) mass is 353 g/mol. The summed E-state index contributed by atoms with van der Waals surface area (Å²) in [6, 6.07) is 5.80. The molecule has 1 aromatic carbocycles. The van der Waals surface area contributed by atoms with E-state index < -0.39 is 16.6 Å². The molecular formula is C18H35NO2Si2. The van der Waals surface area contributed by atoms with E-state index in [4.69, 9.17) is 14.6 Å². The Morgan fingerprint density at radius 1 is 0.696 bits per heavy atom. The minimum Gasteiger partial charge on any atom is -0.543 e. The number of anilines is 1. The van der Waals surface area contributed by atoms with Crippen molar-refractivity contribution in [1.29, 1.82) is 0 Å². The van der Waals surface area contributed by atoms with E-state index in [2.05, 4.69) is 67.7 Å². The molecule has 5 heteroatoms. The van der Waals surface area contributed by atoms with Crippen molar-refractivity contribution in [3.8, 4) is 11.5 Å². The zero-order chi connectivity index (χ0) is 18.3. The van der Waals surface area contributed by atoms with Crippen LogP contribution in [0.5, 0.6) is 11.5 Å². The van der Waals surface area contributed by atoms with E-state index in [1.165, 1.54) is 0 Å². The van der Waals surface area contributed by atoms with Crippen molar-refractivity contribution in [2.45, 2.75) is 77.8 Å². The van der Waals surface area contributed by atoms with Gasteiger partial charge in [0, 0.05) is 23.9 Å². The third kappa shape index (κ3) is 5.01. The highest BCUT2D eigenvalue weighted by Crippen LogP contribution is 2.41. The van der Waals surface area contributed by atoms with Gasteiger partial charge in [-0.05, 0) is 36.3 Å². The van der Waals surface area contributed by atoms with Gasteiger partial charge in [0.1, 0.15) is 11.5 Å². The minimum absolute atomic E-state index is 0.151. The van der Waals surface area contributed by atoms with Crippen LogP contribution in [0.25, 0.3) is 0 Å². The van der Waals surface area contributed by atoms with Crippen molar-refractivity contribution in [1.82, 2.24) is 0 Å². The highest BCUT2D eigenvalue weighted by molar-refractivity contribution is 6.75. The number of hydrogen-bond acceptors (Lipinski definition) is 3. The Kier molecular flexibility index (Phi) is 5.39. The maximum absolute atomic E-state index is 6.38. The maximum atomic E-state index is 6.38. The van der Waals surface area contributed by atoms with Crippen LogP contribution in [-0.4, -0.2) is 16.6 Å². The molecule has 1 rings (SSSR count). The Morgan fingerprint density at radius 2 is 1.00 bits per heavy atom. The molecule has 0 aliphatic carbocycles. The lowest BCUT2D eigenvalue weighted by Crippen LogP contribution is -2.44. The van der Waals surface area contributed by atoms with Gasteiger partial charge in [0.25, 0.3) is 0 Å². The number of rotatable bonds is 4. The van der Waals surface area contributed by atoms with Crippen molar-refractivity contribution in [2.24, 2.45) is 0 Å². The summed E-state index contributed by atoms with van der Waals surface area (Å²) < 4.78 is 12.8. The molecule has 0 radical (unpaired) electrons. The molecule has 0 unspecified atom stereocenters. The Balaban J connectivity index is 3.10. The first-order chi connectivity index (χ1) is 10.1. The number of benzene rings is 1. The Labute approximate surface area is 144 Å². The van der Waals surface area contributed by atoms with Gasteiger partial charge >= 0.3 is 0 Å². The topological polar surface area (TPSA) is 44.5 Å². The molecule has 0 saturated heterocycles. The Hall–Kier alpha value is -0.946. The van der Waals surface area contributed by atoms with Crippen molar-refractivity contribution < 1.29 is 8.85 Å². The van der Waals surface area contributed by atoms with E-state index >= 15 is 0 Å². The van der Waals surface area contributed by atoms with Crippen LogP contribution in [0.4, 0.5) is 5.69 Å². The van der Waals surface area contributed by atoms with E-state index in [1.54, 1.807) is 0 Å². The molecule has 0 bridgehead atoms. The van der Waals surface area contributed by atoms with E-state index in [1.807, 2.05) is 18.2 Å². The zero-order valence-corrected chi connectivity index (χ0v) is 18.6. The third-order valence-corrected chi connectivity index (χ3v) is 14.0. The van der Waals surface area contributed by atoms with Gasteiger partial charge < -0.3 is 14.6 Å². The first-order valence-corrected chi connectivity index (χ1v) is 14.2. The van der Waals surface area contributed by atoms with Crippen LogP contribution in [0.15, 0.2) is 18.2 Å². The number of nitrogen functional groups attached to an aromatic ring is 1. The highest BCUT2D eigenvalue weighted by Gasteiger charge is 2.40. The fourth-order valence-electron chi connectivity index (χ4n) is 1.61. The van der Waals surface area contributed by atoms with Crippen molar-refractivity contribution in [2.75, 3.05) is 5.73 Å². The third-order valence-electron chi connectivity index (χ3n) is 5.26. The Morgan fingerprint density at radius 3 is 1.26 bits per heavy atom. The van der Waals surface area contributed by atoms with Crippen LogP contribution in [0.1, 0.15) is 41.5 Å². The fourth-order valence-corrected chi connectivity index (χ4v) is 3.63. The van der Waals surface area contributed by atoms with E-state index in [9.17, 15) is 0 Å². The average Bonchev–Trinajstić information content (AvgIpc) is 2.22. The molecule has 1 aromatic rings. The predicted molar refractivity (Wildman–Crippen MR) is 107 cm³/mol. The molecule has 0 aromatic heterocycles. The minimum atomic E-state index is -1.89. The SMILES string of the molecule is CC(C)(C)[Si](C)(C)Oc1cc(N)cc(O[Si](C)(C)C(C)(C)C)c1. The van der Waals surface area contributed by atoms with Crippen LogP contribution in [0.3, 0.4) is 0 Å². The maximum Gasteiger partial charge on any atom is 0.250 e. The highest BCUT2D eigenvalue weighted by atomic mass is 28.4. The Bertz CT molecular complexity index is 509. The van der Waals surface area contributed by atoms with Crippen LogP contribution in [0.2, 0.25) is 36.3 Å². The van der Waals surface area contributed by atoms with Crippen LogP contribution < -0.4 is 14.6 Å². The van der Waals surface area contributed by atoms with E-state index in [0.29, 0.717) is 5.69 Å². The summed E-state index contributed by atoms with van der Waals surface area (Å²) >= 11 is 0. The molecule has 0 saturated carbocycles. The first-order valence-electron chi connectivity index (χ1n) is 8.34. The average molecular weight is 354 g/mol. The summed E-state index contributed by atoms with van der Waals surface area (Å²) in [6.07, 6.45) is 0. The normalized spacial score (nSPS) is 13.8. The van der Waals surface area contributed by atoms with Crippen LogP contribution in [-0.2, 0) is 0 Å². The molecular weight excluding hydrogens is 318 g/mol. The summed E-state index contributed by atoms with van der Waals surface area (Å²) in [5, 5.41) is 0.302. The fraction of sp³-hybridized carbons (Fsp3) is 0.667. The lowest BCUT2D eigenvalue weighted by Gasteiger charge is -2.38. The molecule has 0 fully saturated rings. The second-order valence-electron chi connectivity index (χ2n) is 9.46. The molecule has 0 spiro atoms. The molecule has 0 heterocycles. The van der Waals surface area contributed by atoms with Crippen molar-refractivity contribution in [3.63, 3.8) is 0 Å². The standard InChI is InChI=1S/C18H35NO2Si2/c1-17(2,3)22(7,8)20-15-11-14(19)12-16(13-15)21-23(9,10)18(4,5)6/h11-13H,19H2,1-10H3. The molecule has 0 aliphatic heterocycles. The van der Waals surface area contributed by atoms with Gasteiger partial charge in [-0.25, -0.2) is 0 Å². The van der Waals surface area contributed by atoms with Gasteiger partial charge in [-0.2, -0.15) is 0 Å². The van der Waals surface area contributed by atoms with Gasteiger partial charge in [-0.1, -0.05) is 41.5 Å². The predicted octanol–water partition coefficient (Wildman–Crippen LogP) is 6.04. The van der Waals surface area contributed by atoms with E-state index in [-0.39, 0.29) is 10.1 Å². The summed E-state index contributed by atoms with van der Waals surface area (Å²) in [4.78, 5) is 0. The van der Waals surface area contributed by atoms with Gasteiger partial charge in [0.15, 0.2) is 0 Å². The quantitative estimate of drug-likeness (QED) is 0.530. The number of nitrogens with two attached hydrogens (primary N) is 1. The molecule has 0 aliphatic rings. The molecule has 3 nitrogen and oxygen atoms in total. The summed E-state index contributed by atoms with van der Waals surface area (Å²) in [7, 11) is -3.77. The summed E-state index contributed by atoms with van der Waals surface area (Å²) in [5.74, 6) is 1.65. The van der Waals surface area contributed by atoms with Crippen LogP contribution >= 0.6 is 0 Å². The largest absolute Gasteiger partial charge is 0.543 e. The second kappa shape index (κ2) is 6.17. The van der Waals surface area contributed by atoms with Crippen LogP contribution in [0, 0.1) is 0 Å². The molecule has 0 amide bonds.